The molecule has 0 radical (unpaired) electrons. The van der Waals surface area contributed by atoms with Gasteiger partial charge in [0, 0.05) is 5.56 Å². The quantitative estimate of drug-likeness (QED) is 0.636. The van der Waals surface area contributed by atoms with Crippen LogP contribution in [0.3, 0.4) is 0 Å². The Morgan fingerprint density at radius 1 is 1.25 bits per heavy atom. The smallest absolute Gasteiger partial charge is 0.405 e. The Morgan fingerprint density at radius 2 is 1.95 bits per heavy atom. The maximum atomic E-state index is 12.2. The molecule has 0 fully saturated rings. The zero-order valence-corrected chi connectivity index (χ0v) is 12.0. The zero-order valence-electron chi connectivity index (χ0n) is 12.0. The minimum absolute atomic E-state index is 0.360. The Balaban J connectivity index is 2.25. The summed E-state index contributed by atoms with van der Waals surface area (Å²) in [7, 11) is 0. The first kappa shape index (κ1) is 14.2. The van der Waals surface area contributed by atoms with E-state index in [1.54, 1.807) is 12.4 Å². The number of rotatable bonds is 3. The molecular weight excluding hydrogens is 252 g/mol. The molecule has 0 aliphatic heterocycles. The van der Waals surface area contributed by atoms with Gasteiger partial charge in [0.15, 0.2) is 12.7 Å². The van der Waals surface area contributed by atoms with Crippen LogP contribution >= 0.6 is 0 Å². The Labute approximate surface area is 119 Å². The number of esters is 1. The molecule has 0 saturated heterocycles. The molecule has 1 aromatic heterocycles. The number of nitrogens with zero attached hydrogens (tertiary/aromatic N) is 2. The van der Waals surface area contributed by atoms with Gasteiger partial charge in [-0.25, -0.2) is 4.79 Å². The van der Waals surface area contributed by atoms with Gasteiger partial charge in [0.05, 0.1) is 6.20 Å². The van der Waals surface area contributed by atoms with Gasteiger partial charge < -0.3 is 4.74 Å². The third-order valence-corrected chi connectivity index (χ3v) is 2.64. The predicted octanol–water partition coefficient (Wildman–Crippen LogP) is 2.37. The highest BCUT2D eigenvalue weighted by atomic mass is 16.6. The van der Waals surface area contributed by atoms with Crippen molar-refractivity contribution in [1.82, 2.24) is 4.98 Å². The number of carbonyl (C=O) groups is 1. The van der Waals surface area contributed by atoms with Gasteiger partial charge in [-0.3, -0.25) is 4.98 Å². The zero-order chi connectivity index (χ0) is 14.6. The fourth-order valence-electron chi connectivity index (χ4n) is 1.81. The van der Waals surface area contributed by atoms with Crippen molar-refractivity contribution < 1.29 is 14.1 Å². The largest absolute Gasteiger partial charge is 0.452 e. The van der Waals surface area contributed by atoms with Gasteiger partial charge in [-0.15, -0.1) is 0 Å². The first-order chi connectivity index (χ1) is 9.46. The number of benzene rings is 1. The van der Waals surface area contributed by atoms with Crippen LogP contribution in [0, 0.1) is 0 Å². The molecule has 104 valence electrons. The molecule has 2 aromatic rings. The second-order valence-corrected chi connectivity index (χ2v) is 5.58. The Morgan fingerprint density at radius 3 is 2.60 bits per heavy atom. The average Bonchev–Trinajstić information content (AvgIpc) is 2.38. The van der Waals surface area contributed by atoms with E-state index in [9.17, 15) is 4.79 Å². The standard InChI is InChI=1S/C16H19N2O2/c1-16(2,3)20-15(19)14-11-17-9-10-18(14)12-13-7-5-4-6-8-13/h4-11H,12H2,1-3H3/q+1. The van der Waals surface area contributed by atoms with Crippen LogP contribution in [0.25, 0.3) is 0 Å². The molecular formula is C16H19N2O2+. The number of carbonyl (C=O) groups excluding carboxylic acids is 1. The predicted molar refractivity (Wildman–Crippen MR) is 75.1 cm³/mol. The summed E-state index contributed by atoms with van der Waals surface area (Å²) >= 11 is 0. The van der Waals surface area contributed by atoms with Crippen molar-refractivity contribution in [3.8, 4) is 0 Å². The van der Waals surface area contributed by atoms with E-state index in [-0.39, 0.29) is 5.97 Å². The normalized spacial score (nSPS) is 11.2. The topological polar surface area (TPSA) is 43.1 Å². The van der Waals surface area contributed by atoms with Crippen LogP contribution in [0.15, 0.2) is 48.9 Å². The molecule has 0 aliphatic carbocycles. The summed E-state index contributed by atoms with van der Waals surface area (Å²) in [6.07, 6.45) is 4.99. The minimum atomic E-state index is -0.516. The second-order valence-electron chi connectivity index (χ2n) is 5.58. The van der Waals surface area contributed by atoms with Crippen molar-refractivity contribution in [2.24, 2.45) is 0 Å². The lowest BCUT2D eigenvalue weighted by Gasteiger charge is -2.18. The van der Waals surface area contributed by atoms with E-state index >= 15 is 0 Å². The fourth-order valence-corrected chi connectivity index (χ4v) is 1.81. The van der Waals surface area contributed by atoms with Crippen LogP contribution in [0.2, 0.25) is 0 Å². The molecule has 0 aliphatic rings. The van der Waals surface area contributed by atoms with E-state index in [1.807, 2.05) is 55.7 Å². The van der Waals surface area contributed by atoms with Crippen molar-refractivity contribution >= 4 is 5.97 Å². The SMILES string of the molecule is CC(C)(C)OC(=O)c1cncc[n+]1Cc1ccccc1. The summed E-state index contributed by atoms with van der Waals surface area (Å²) in [6, 6.07) is 9.96. The molecule has 1 heterocycles. The van der Waals surface area contributed by atoms with Crippen molar-refractivity contribution in [1.29, 1.82) is 0 Å². The monoisotopic (exact) mass is 271 g/mol. The lowest BCUT2D eigenvalue weighted by Crippen LogP contribution is -2.42. The average molecular weight is 271 g/mol. The van der Waals surface area contributed by atoms with Crippen LogP contribution in [0.1, 0.15) is 36.8 Å². The maximum absolute atomic E-state index is 12.2. The first-order valence-electron chi connectivity index (χ1n) is 6.56. The lowest BCUT2D eigenvalue weighted by molar-refractivity contribution is -0.691. The maximum Gasteiger partial charge on any atom is 0.405 e. The van der Waals surface area contributed by atoms with Gasteiger partial charge in [0.2, 0.25) is 0 Å². The van der Waals surface area contributed by atoms with E-state index in [0.29, 0.717) is 12.2 Å². The molecule has 0 unspecified atom stereocenters. The van der Waals surface area contributed by atoms with Crippen molar-refractivity contribution in [3.05, 3.63) is 60.2 Å². The summed E-state index contributed by atoms with van der Waals surface area (Å²) in [5.74, 6) is -0.360. The van der Waals surface area contributed by atoms with Gasteiger partial charge in [-0.05, 0) is 20.8 Å². The summed E-state index contributed by atoms with van der Waals surface area (Å²) in [4.78, 5) is 16.2. The number of aromatic nitrogens is 2. The molecule has 20 heavy (non-hydrogen) atoms. The van der Waals surface area contributed by atoms with E-state index in [1.165, 1.54) is 6.20 Å². The molecule has 0 atom stereocenters. The van der Waals surface area contributed by atoms with E-state index in [2.05, 4.69) is 4.98 Å². The van der Waals surface area contributed by atoms with E-state index in [0.717, 1.165) is 5.56 Å². The highest BCUT2D eigenvalue weighted by Gasteiger charge is 2.26. The molecule has 0 saturated carbocycles. The van der Waals surface area contributed by atoms with Crippen LogP contribution in [-0.2, 0) is 11.3 Å². The highest BCUT2D eigenvalue weighted by Crippen LogP contribution is 2.09. The molecule has 2 rings (SSSR count). The summed E-state index contributed by atoms with van der Waals surface area (Å²) < 4.78 is 7.25. The van der Waals surface area contributed by atoms with E-state index in [4.69, 9.17) is 4.74 Å². The fraction of sp³-hybridized carbons (Fsp3) is 0.312. The molecule has 0 N–H and O–H groups in total. The van der Waals surface area contributed by atoms with Crippen LogP contribution in [0.4, 0.5) is 0 Å². The van der Waals surface area contributed by atoms with Crippen LogP contribution < -0.4 is 4.57 Å². The summed E-state index contributed by atoms with van der Waals surface area (Å²) in [5, 5.41) is 0. The number of hydrogen-bond acceptors (Lipinski definition) is 3. The number of hydrogen-bond donors (Lipinski definition) is 0. The van der Waals surface area contributed by atoms with Gasteiger partial charge in [-0.2, -0.15) is 4.57 Å². The summed E-state index contributed by atoms with van der Waals surface area (Å²) in [5.41, 5.74) is 1.05. The van der Waals surface area contributed by atoms with Gasteiger partial charge in [0.1, 0.15) is 11.8 Å². The molecule has 0 spiro atoms. The van der Waals surface area contributed by atoms with Crippen LogP contribution in [-0.4, -0.2) is 16.6 Å². The molecule has 4 heteroatoms. The third kappa shape index (κ3) is 3.88. The second kappa shape index (κ2) is 5.82. The van der Waals surface area contributed by atoms with Crippen molar-refractivity contribution in [2.45, 2.75) is 32.9 Å². The minimum Gasteiger partial charge on any atom is -0.452 e. The van der Waals surface area contributed by atoms with Crippen molar-refractivity contribution in [2.75, 3.05) is 0 Å². The third-order valence-electron chi connectivity index (χ3n) is 2.64. The number of ether oxygens (including phenoxy) is 1. The molecule has 1 aromatic carbocycles. The van der Waals surface area contributed by atoms with Crippen LogP contribution in [0.5, 0.6) is 0 Å². The summed E-state index contributed by atoms with van der Waals surface area (Å²) in [6.45, 7) is 6.16. The Bertz CT molecular complexity index is 589. The lowest BCUT2D eigenvalue weighted by atomic mass is 10.2. The molecule has 4 nitrogen and oxygen atoms in total. The van der Waals surface area contributed by atoms with Gasteiger partial charge >= 0.3 is 11.7 Å². The van der Waals surface area contributed by atoms with Crippen molar-refractivity contribution in [3.63, 3.8) is 0 Å². The molecule has 0 bridgehead atoms. The van der Waals surface area contributed by atoms with Gasteiger partial charge in [0.25, 0.3) is 0 Å². The first-order valence-corrected chi connectivity index (χ1v) is 6.56. The Kier molecular flexibility index (Phi) is 4.13. The Hall–Kier alpha value is -2.23. The highest BCUT2D eigenvalue weighted by molar-refractivity contribution is 5.85. The molecule has 0 amide bonds. The van der Waals surface area contributed by atoms with E-state index < -0.39 is 5.60 Å². The van der Waals surface area contributed by atoms with Gasteiger partial charge in [-0.1, -0.05) is 30.3 Å².